The van der Waals surface area contributed by atoms with Gasteiger partial charge >= 0.3 is 0 Å². The largest absolute Gasteiger partial charge is 0.351 e. The highest BCUT2D eigenvalue weighted by Crippen LogP contribution is 2.18. The second-order valence-corrected chi connectivity index (χ2v) is 8.57. The highest BCUT2D eigenvalue weighted by atomic mass is 32.2. The van der Waals surface area contributed by atoms with Gasteiger partial charge in [-0.15, -0.1) is 0 Å². The van der Waals surface area contributed by atoms with E-state index < -0.39 is 9.84 Å². The molecule has 1 N–H and O–H groups in total. The Morgan fingerprint density at radius 3 is 2.64 bits per heavy atom. The lowest BCUT2D eigenvalue weighted by Gasteiger charge is -2.23. The molecule has 0 bridgehead atoms. The van der Waals surface area contributed by atoms with E-state index in [2.05, 4.69) is 17.2 Å². The predicted octanol–water partition coefficient (Wildman–Crippen LogP) is 1.26. The molecule has 1 unspecified atom stereocenters. The standard InChI is InChI=1S/C17H25N3O4S/c1-3-4-5-10-18-16(21)14-7-6-8-15(19-14)17(22)20(2)13-9-11-25(23,24)12-13/h6-8,13H,3-5,9-12H2,1-2H3,(H,18,21). The zero-order chi connectivity index (χ0) is 18.4. The first-order valence-corrected chi connectivity index (χ1v) is 10.4. The summed E-state index contributed by atoms with van der Waals surface area (Å²) >= 11 is 0. The lowest BCUT2D eigenvalue weighted by Crippen LogP contribution is -2.38. The fraction of sp³-hybridized carbons (Fsp3) is 0.588. The number of carbonyl (C=O) groups is 2. The Labute approximate surface area is 148 Å². The summed E-state index contributed by atoms with van der Waals surface area (Å²) in [5, 5.41) is 2.79. The zero-order valence-electron chi connectivity index (χ0n) is 14.7. The topological polar surface area (TPSA) is 96.4 Å². The summed E-state index contributed by atoms with van der Waals surface area (Å²) in [7, 11) is -1.49. The maximum atomic E-state index is 12.6. The number of sulfone groups is 1. The fourth-order valence-electron chi connectivity index (χ4n) is 2.78. The average molecular weight is 367 g/mol. The molecule has 0 spiro atoms. The number of nitrogens with zero attached hydrogens (tertiary/aromatic N) is 2. The molecule has 0 aromatic carbocycles. The zero-order valence-corrected chi connectivity index (χ0v) is 15.5. The quantitative estimate of drug-likeness (QED) is 0.732. The molecule has 8 heteroatoms. The van der Waals surface area contributed by atoms with Gasteiger partial charge in [0.15, 0.2) is 9.84 Å². The van der Waals surface area contributed by atoms with Crippen molar-refractivity contribution in [3.8, 4) is 0 Å². The SMILES string of the molecule is CCCCCNC(=O)c1cccc(C(=O)N(C)C2CCS(=O)(=O)C2)n1. The lowest BCUT2D eigenvalue weighted by molar-refractivity contribution is 0.0741. The average Bonchev–Trinajstić information content (AvgIpc) is 2.97. The van der Waals surface area contributed by atoms with Gasteiger partial charge in [-0.3, -0.25) is 9.59 Å². The smallest absolute Gasteiger partial charge is 0.272 e. The van der Waals surface area contributed by atoms with Crippen LogP contribution in [0.15, 0.2) is 18.2 Å². The first kappa shape index (κ1) is 19.4. The van der Waals surface area contributed by atoms with Crippen molar-refractivity contribution >= 4 is 21.7 Å². The Bertz CT molecular complexity index is 733. The molecule has 138 valence electrons. The molecule has 1 saturated heterocycles. The summed E-state index contributed by atoms with van der Waals surface area (Å²) in [5.41, 5.74) is 0.336. The van der Waals surface area contributed by atoms with Crippen LogP contribution in [0.2, 0.25) is 0 Å². The van der Waals surface area contributed by atoms with Gasteiger partial charge in [-0.2, -0.15) is 0 Å². The van der Waals surface area contributed by atoms with Crippen molar-refractivity contribution in [1.29, 1.82) is 0 Å². The minimum Gasteiger partial charge on any atom is -0.351 e. The molecule has 1 aromatic rings. The van der Waals surface area contributed by atoms with Crippen molar-refractivity contribution in [2.75, 3.05) is 25.1 Å². The Morgan fingerprint density at radius 2 is 2.00 bits per heavy atom. The van der Waals surface area contributed by atoms with Crippen LogP contribution in [0.4, 0.5) is 0 Å². The van der Waals surface area contributed by atoms with Gasteiger partial charge < -0.3 is 10.2 Å². The van der Waals surface area contributed by atoms with E-state index in [1.165, 1.54) is 11.0 Å². The molecule has 1 aromatic heterocycles. The van der Waals surface area contributed by atoms with E-state index in [-0.39, 0.29) is 40.7 Å². The first-order chi connectivity index (χ1) is 11.8. The number of pyridine rings is 1. The third kappa shape index (κ3) is 5.26. The number of amides is 2. The maximum absolute atomic E-state index is 12.6. The molecular weight excluding hydrogens is 342 g/mol. The number of aromatic nitrogens is 1. The molecular formula is C17H25N3O4S. The van der Waals surface area contributed by atoms with Crippen LogP contribution in [0, 0.1) is 0 Å². The molecule has 1 aliphatic heterocycles. The van der Waals surface area contributed by atoms with Crippen molar-refractivity contribution in [2.45, 2.75) is 38.6 Å². The third-order valence-electron chi connectivity index (χ3n) is 4.34. The molecule has 7 nitrogen and oxygen atoms in total. The van der Waals surface area contributed by atoms with Crippen LogP contribution in [0.1, 0.15) is 53.6 Å². The van der Waals surface area contributed by atoms with Crippen molar-refractivity contribution in [1.82, 2.24) is 15.2 Å². The number of hydrogen-bond acceptors (Lipinski definition) is 5. The number of rotatable bonds is 7. The van der Waals surface area contributed by atoms with Gasteiger partial charge in [-0.1, -0.05) is 25.8 Å². The van der Waals surface area contributed by atoms with E-state index in [1.807, 2.05) is 0 Å². The van der Waals surface area contributed by atoms with E-state index in [0.717, 1.165) is 19.3 Å². The summed E-state index contributed by atoms with van der Waals surface area (Å²) in [6, 6.07) is 4.37. The lowest BCUT2D eigenvalue weighted by atomic mass is 10.2. The number of nitrogens with one attached hydrogen (secondary N) is 1. The van der Waals surface area contributed by atoms with Crippen LogP contribution in [0.5, 0.6) is 0 Å². The molecule has 1 atom stereocenters. The van der Waals surface area contributed by atoms with Crippen molar-refractivity contribution in [3.05, 3.63) is 29.6 Å². The highest BCUT2D eigenvalue weighted by Gasteiger charge is 2.33. The maximum Gasteiger partial charge on any atom is 0.272 e. The second-order valence-electron chi connectivity index (χ2n) is 6.34. The minimum atomic E-state index is -3.07. The molecule has 0 aliphatic carbocycles. The van der Waals surface area contributed by atoms with Crippen LogP contribution in [0.25, 0.3) is 0 Å². The van der Waals surface area contributed by atoms with E-state index >= 15 is 0 Å². The van der Waals surface area contributed by atoms with E-state index in [1.54, 1.807) is 19.2 Å². The Balaban J connectivity index is 2.02. The van der Waals surface area contributed by atoms with Crippen LogP contribution in [0.3, 0.4) is 0 Å². The Kier molecular flexibility index (Phi) is 6.52. The summed E-state index contributed by atoms with van der Waals surface area (Å²) in [5.74, 6) is -0.602. The monoisotopic (exact) mass is 367 g/mol. The highest BCUT2D eigenvalue weighted by molar-refractivity contribution is 7.91. The molecule has 2 rings (SSSR count). The number of hydrogen-bond donors (Lipinski definition) is 1. The summed E-state index contributed by atoms with van der Waals surface area (Å²) in [4.78, 5) is 30.2. The fourth-order valence-corrected chi connectivity index (χ4v) is 4.55. The predicted molar refractivity (Wildman–Crippen MR) is 95.2 cm³/mol. The van der Waals surface area contributed by atoms with Crippen LogP contribution in [-0.2, 0) is 9.84 Å². The van der Waals surface area contributed by atoms with Gasteiger partial charge in [0.2, 0.25) is 0 Å². The van der Waals surface area contributed by atoms with Crippen molar-refractivity contribution < 1.29 is 18.0 Å². The van der Waals surface area contributed by atoms with Gasteiger partial charge in [0.05, 0.1) is 11.5 Å². The van der Waals surface area contributed by atoms with Crippen LogP contribution < -0.4 is 5.32 Å². The molecule has 0 radical (unpaired) electrons. The van der Waals surface area contributed by atoms with Gasteiger partial charge in [-0.05, 0) is 25.0 Å². The van der Waals surface area contributed by atoms with Crippen LogP contribution >= 0.6 is 0 Å². The molecule has 1 fully saturated rings. The van der Waals surface area contributed by atoms with Crippen molar-refractivity contribution in [2.24, 2.45) is 0 Å². The Morgan fingerprint density at radius 1 is 1.28 bits per heavy atom. The third-order valence-corrected chi connectivity index (χ3v) is 6.09. The normalized spacial score (nSPS) is 18.7. The summed E-state index contributed by atoms with van der Waals surface area (Å²) in [6.07, 6.45) is 3.45. The molecule has 2 amide bonds. The minimum absolute atomic E-state index is 0.0210. The van der Waals surface area contributed by atoms with Crippen LogP contribution in [-0.4, -0.2) is 61.3 Å². The molecule has 2 heterocycles. The van der Waals surface area contributed by atoms with E-state index in [0.29, 0.717) is 13.0 Å². The number of carbonyl (C=O) groups excluding carboxylic acids is 2. The number of unbranched alkanes of at least 4 members (excludes halogenated alkanes) is 2. The van der Waals surface area contributed by atoms with Crippen molar-refractivity contribution in [3.63, 3.8) is 0 Å². The summed E-state index contributed by atoms with van der Waals surface area (Å²) < 4.78 is 23.2. The van der Waals surface area contributed by atoms with Gasteiger partial charge in [0.1, 0.15) is 11.4 Å². The molecule has 1 aliphatic rings. The van der Waals surface area contributed by atoms with Gasteiger partial charge in [0.25, 0.3) is 11.8 Å². The Hall–Kier alpha value is -1.96. The van der Waals surface area contributed by atoms with Gasteiger partial charge in [-0.25, -0.2) is 13.4 Å². The van der Waals surface area contributed by atoms with E-state index in [4.69, 9.17) is 0 Å². The molecule has 25 heavy (non-hydrogen) atoms. The first-order valence-electron chi connectivity index (χ1n) is 8.57. The summed E-state index contributed by atoms with van der Waals surface area (Å²) in [6.45, 7) is 2.66. The molecule has 0 saturated carbocycles. The van der Waals surface area contributed by atoms with Gasteiger partial charge in [0, 0.05) is 19.6 Å². The van der Waals surface area contributed by atoms with E-state index in [9.17, 15) is 18.0 Å². The second kappa shape index (κ2) is 8.42.